The second kappa shape index (κ2) is 7.36. The monoisotopic (exact) mass is 381 g/mol. The van der Waals surface area contributed by atoms with E-state index in [1.807, 2.05) is 0 Å². The van der Waals surface area contributed by atoms with Crippen molar-refractivity contribution in [1.82, 2.24) is 15.0 Å². The molecule has 0 unspecified atom stereocenters. The third-order valence-electron chi connectivity index (χ3n) is 3.93. The minimum absolute atomic E-state index is 0.114. The normalized spacial score (nSPS) is 11.6. The average molecular weight is 381 g/mol. The molecule has 2 aromatic carbocycles. The molecule has 0 radical (unpaired) electrons. The Bertz CT molecular complexity index is 937. The van der Waals surface area contributed by atoms with E-state index in [2.05, 4.69) is 10.3 Å². The number of halogens is 4. The van der Waals surface area contributed by atoms with E-state index in [9.17, 15) is 17.6 Å². The van der Waals surface area contributed by atoms with E-state index in [0.29, 0.717) is 11.4 Å². The Balaban J connectivity index is 1.78. The van der Waals surface area contributed by atoms with Gasteiger partial charge in [-0.25, -0.2) is 9.07 Å². The van der Waals surface area contributed by atoms with Crippen LogP contribution in [0.4, 0.5) is 17.6 Å². The number of aromatic nitrogens is 3. The molecule has 1 heterocycles. The molecule has 3 rings (SSSR count). The van der Waals surface area contributed by atoms with Crippen LogP contribution in [0.2, 0.25) is 0 Å². The molecule has 1 N–H and O–H groups in total. The molecule has 3 aromatic rings. The summed E-state index contributed by atoms with van der Waals surface area (Å²) in [7, 11) is 0. The number of alkyl halides is 3. The fourth-order valence-electron chi connectivity index (χ4n) is 2.49. The predicted molar refractivity (Wildman–Crippen MR) is 87.8 cm³/mol. The summed E-state index contributed by atoms with van der Waals surface area (Å²) in [5.41, 5.74) is -0.461. The lowest BCUT2D eigenvalue weighted by molar-refractivity contribution is -0.138. The van der Waals surface area contributed by atoms with Crippen molar-refractivity contribution < 1.29 is 27.4 Å². The number of aliphatic hydroxyl groups is 1. The fourth-order valence-corrected chi connectivity index (χ4v) is 2.49. The Morgan fingerprint density at radius 2 is 1.81 bits per heavy atom. The van der Waals surface area contributed by atoms with E-state index in [0.717, 1.165) is 12.1 Å². The molecule has 0 fully saturated rings. The number of rotatable bonds is 5. The molecule has 0 atom stereocenters. The number of ether oxygens (including phenoxy) is 1. The van der Waals surface area contributed by atoms with Crippen LogP contribution in [0.1, 0.15) is 22.4 Å². The van der Waals surface area contributed by atoms with Gasteiger partial charge >= 0.3 is 6.18 Å². The molecule has 0 spiro atoms. The van der Waals surface area contributed by atoms with E-state index in [-0.39, 0.29) is 17.9 Å². The number of hydrogen-bond donors (Lipinski definition) is 1. The number of aliphatic hydroxyl groups excluding tert-OH is 1. The highest BCUT2D eigenvalue weighted by Crippen LogP contribution is 2.34. The summed E-state index contributed by atoms with van der Waals surface area (Å²) in [5, 5.41) is 16.6. The maximum atomic E-state index is 14.2. The van der Waals surface area contributed by atoms with Gasteiger partial charge in [0.15, 0.2) is 0 Å². The first kappa shape index (κ1) is 18.8. The molecule has 27 heavy (non-hydrogen) atoms. The van der Waals surface area contributed by atoms with Crippen molar-refractivity contribution in [2.24, 2.45) is 0 Å². The Kier molecular flexibility index (Phi) is 5.13. The van der Waals surface area contributed by atoms with Gasteiger partial charge < -0.3 is 9.84 Å². The van der Waals surface area contributed by atoms with Crippen LogP contribution >= 0.6 is 0 Å². The van der Waals surface area contributed by atoms with Crippen LogP contribution in [-0.2, 0) is 19.4 Å². The standard InChI is InChI=1S/C18H15F4N3O2/c1-11-2-7-16(18(20,21)22)15(17(11)19)10-27-14-5-3-13(4-6-14)25-8-12(9-26)23-24-25/h2-8,26H,9-10H2,1H3. The second-order valence-electron chi connectivity index (χ2n) is 5.82. The summed E-state index contributed by atoms with van der Waals surface area (Å²) in [6.45, 7) is 0.594. The molecule has 0 aliphatic rings. The Labute approximate surface area is 151 Å². The van der Waals surface area contributed by atoms with E-state index >= 15 is 0 Å². The highest BCUT2D eigenvalue weighted by atomic mass is 19.4. The SMILES string of the molecule is Cc1ccc(C(F)(F)F)c(COc2ccc(-n3cc(CO)nn3)cc2)c1F. The van der Waals surface area contributed by atoms with Crippen molar-refractivity contribution >= 4 is 0 Å². The van der Waals surface area contributed by atoms with Crippen LogP contribution in [0.15, 0.2) is 42.6 Å². The molecule has 0 aliphatic heterocycles. The van der Waals surface area contributed by atoms with Gasteiger partial charge in [0, 0.05) is 5.56 Å². The van der Waals surface area contributed by atoms with Gasteiger partial charge in [0.1, 0.15) is 23.9 Å². The summed E-state index contributed by atoms with van der Waals surface area (Å²) in [6, 6.07) is 8.22. The van der Waals surface area contributed by atoms with Gasteiger partial charge in [-0.05, 0) is 42.8 Å². The average Bonchev–Trinajstić information content (AvgIpc) is 3.11. The zero-order valence-electron chi connectivity index (χ0n) is 14.2. The fraction of sp³-hybridized carbons (Fsp3) is 0.222. The van der Waals surface area contributed by atoms with Gasteiger partial charge in [-0.3, -0.25) is 0 Å². The zero-order chi connectivity index (χ0) is 19.6. The summed E-state index contributed by atoms with van der Waals surface area (Å²) in [4.78, 5) is 0. The summed E-state index contributed by atoms with van der Waals surface area (Å²) >= 11 is 0. The summed E-state index contributed by atoms with van der Waals surface area (Å²) < 4.78 is 60.3. The molecule has 5 nitrogen and oxygen atoms in total. The van der Waals surface area contributed by atoms with Gasteiger partial charge in [-0.2, -0.15) is 13.2 Å². The minimum Gasteiger partial charge on any atom is -0.489 e. The van der Waals surface area contributed by atoms with Crippen molar-refractivity contribution in [3.05, 3.63) is 70.8 Å². The molecule has 142 valence electrons. The van der Waals surface area contributed by atoms with Crippen LogP contribution in [0.3, 0.4) is 0 Å². The van der Waals surface area contributed by atoms with Crippen LogP contribution in [0.5, 0.6) is 5.75 Å². The van der Waals surface area contributed by atoms with E-state index < -0.39 is 29.7 Å². The highest BCUT2D eigenvalue weighted by Gasteiger charge is 2.35. The van der Waals surface area contributed by atoms with Gasteiger partial charge in [0.2, 0.25) is 0 Å². The summed E-state index contributed by atoms with van der Waals surface area (Å²) in [5.74, 6) is -0.657. The van der Waals surface area contributed by atoms with Gasteiger partial charge in [0.05, 0.1) is 24.1 Å². The summed E-state index contributed by atoms with van der Waals surface area (Å²) in [6.07, 6.45) is -3.14. The molecule has 0 amide bonds. The number of aryl methyl sites for hydroxylation is 1. The molecular formula is C18H15F4N3O2. The third-order valence-corrected chi connectivity index (χ3v) is 3.93. The van der Waals surface area contributed by atoms with Crippen molar-refractivity contribution in [3.8, 4) is 11.4 Å². The smallest absolute Gasteiger partial charge is 0.416 e. The first-order chi connectivity index (χ1) is 12.8. The molecule has 0 saturated heterocycles. The maximum absolute atomic E-state index is 14.2. The molecule has 0 bridgehead atoms. The van der Waals surface area contributed by atoms with Crippen molar-refractivity contribution in [3.63, 3.8) is 0 Å². The topological polar surface area (TPSA) is 60.2 Å². The molecular weight excluding hydrogens is 366 g/mol. The van der Waals surface area contributed by atoms with E-state index in [1.165, 1.54) is 29.9 Å². The van der Waals surface area contributed by atoms with Crippen LogP contribution < -0.4 is 4.74 Å². The van der Waals surface area contributed by atoms with Crippen molar-refractivity contribution in [1.29, 1.82) is 0 Å². The molecule has 1 aromatic heterocycles. The zero-order valence-corrected chi connectivity index (χ0v) is 14.2. The number of benzene rings is 2. The van der Waals surface area contributed by atoms with Gasteiger partial charge in [0.25, 0.3) is 0 Å². The van der Waals surface area contributed by atoms with Gasteiger partial charge in [-0.1, -0.05) is 11.3 Å². The predicted octanol–water partition coefficient (Wildman–Crippen LogP) is 3.80. The third kappa shape index (κ3) is 4.08. The number of nitrogens with zero attached hydrogens (tertiary/aromatic N) is 3. The first-order valence-corrected chi connectivity index (χ1v) is 7.90. The van der Waals surface area contributed by atoms with Crippen LogP contribution in [0.25, 0.3) is 5.69 Å². The first-order valence-electron chi connectivity index (χ1n) is 7.90. The largest absolute Gasteiger partial charge is 0.489 e. The second-order valence-corrected chi connectivity index (χ2v) is 5.82. The minimum atomic E-state index is -4.67. The molecule has 9 heteroatoms. The van der Waals surface area contributed by atoms with Crippen LogP contribution in [-0.4, -0.2) is 20.1 Å². The lowest BCUT2D eigenvalue weighted by atomic mass is 10.0. The van der Waals surface area contributed by atoms with Crippen molar-refractivity contribution in [2.45, 2.75) is 26.3 Å². The number of hydrogen-bond acceptors (Lipinski definition) is 4. The lowest BCUT2D eigenvalue weighted by Gasteiger charge is -2.16. The molecule has 0 aliphatic carbocycles. The van der Waals surface area contributed by atoms with E-state index in [4.69, 9.17) is 9.84 Å². The van der Waals surface area contributed by atoms with E-state index in [1.54, 1.807) is 12.1 Å². The van der Waals surface area contributed by atoms with Crippen molar-refractivity contribution in [2.75, 3.05) is 0 Å². The van der Waals surface area contributed by atoms with Crippen LogP contribution in [0, 0.1) is 12.7 Å². The Morgan fingerprint density at radius 3 is 2.41 bits per heavy atom. The Morgan fingerprint density at radius 1 is 1.11 bits per heavy atom. The van der Waals surface area contributed by atoms with Gasteiger partial charge in [-0.15, -0.1) is 5.10 Å². The molecule has 0 saturated carbocycles. The quantitative estimate of drug-likeness (QED) is 0.683. The Hall–Kier alpha value is -2.94. The highest BCUT2D eigenvalue weighted by molar-refractivity contribution is 5.38. The lowest BCUT2D eigenvalue weighted by Crippen LogP contribution is -2.13. The maximum Gasteiger partial charge on any atom is 0.416 e.